The Morgan fingerprint density at radius 1 is 0.385 bits per heavy atom. The minimum atomic E-state index is -0.759. The molecule has 0 rings (SSSR count). The smallest absolute Gasteiger partial charge is 0.306 e. The molecule has 0 saturated heterocycles. The van der Waals surface area contributed by atoms with Gasteiger partial charge in [0.2, 0.25) is 0 Å². The quantitative estimate of drug-likeness (QED) is 0.0353. The largest absolute Gasteiger partial charge is 0.462 e. The molecule has 0 N–H and O–H groups in total. The molecule has 1 unspecified atom stereocenters. The number of esters is 3. The number of rotatable bonds is 41. The molecule has 0 fully saturated rings. The Hall–Kier alpha value is -1.59. The Bertz CT molecular complexity index is 783. The minimum Gasteiger partial charge on any atom is -0.462 e. The summed E-state index contributed by atoms with van der Waals surface area (Å²) in [6.07, 6.45) is 39.4. The van der Waals surface area contributed by atoms with Crippen LogP contribution in [0.25, 0.3) is 0 Å². The lowest BCUT2D eigenvalue weighted by molar-refractivity contribution is -0.167. The van der Waals surface area contributed by atoms with Gasteiger partial charge in [-0.3, -0.25) is 14.4 Å². The van der Waals surface area contributed by atoms with Crippen molar-refractivity contribution in [3.05, 3.63) is 0 Å². The predicted octanol–water partition coefficient (Wildman–Crippen LogP) is 14.3. The van der Waals surface area contributed by atoms with Crippen molar-refractivity contribution < 1.29 is 28.6 Å². The summed E-state index contributed by atoms with van der Waals surface area (Å²) >= 11 is 0. The summed E-state index contributed by atoms with van der Waals surface area (Å²) in [5, 5.41) is 0. The van der Waals surface area contributed by atoms with Crippen molar-refractivity contribution in [3.8, 4) is 0 Å². The topological polar surface area (TPSA) is 78.9 Å². The molecular formula is C46H88O6. The molecule has 0 heterocycles. The highest BCUT2D eigenvalue weighted by Crippen LogP contribution is 2.16. The molecule has 0 aliphatic carbocycles. The second kappa shape index (κ2) is 40.6. The standard InChI is InChI=1S/C46H88O6/c1-5-8-10-12-14-16-18-19-21-22-24-29-33-37-44(47)50-40-43(41-51-45(48)38-34-30-27-26-28-32-36-42(4)7-3)52-46(49)39-35-31-25-23-20-17-15-13-11-9-6-2/h42-43H,5-41H2,1-4H3/t42?,43-/m0/s1. The summed E-state index contributed by atoms with van der Waals surface area (Å²) in [7, 11) is 0. The van der Waals surface area contributed by atoms with E-state index in [4.69, 9.17) is 14.2 Å². The van der Waals surface area contributed by atoms with E-state index in [1.54, 1.807) is 0 Å². The Morgan fingerprint density at radius 3 is 1.00 bits per heavy atom. The van der Waals surface area contributed by atoms with Gasteiger partial charge in [0, 0.05) is 19.3 Å². The molecule has 0 saturated carbocycles. The number of unbranched alkanes of at least 4 members (excludes halogenated alkanes) is 27. The van der Waals surface area contributed by atoms with Crippen LogP contribution in [0.5, 0.6) is 0 Å². The summed E-state index contributed by atoms with van der Waals surface area (Å²) in [5.74, 6) is -0.0423. The Morgan fingerprint density at radius 2 is 0.673 bits per heavy atom. The lowest BCUT2D eigenvalue weighted by Crippen LogP contribution is -2.30. The average molecular weight is 737 g/mol. The van der Waals surface area contributed by atoms with Crippen LogP contribution in [0.4, 0.5) is 0 Å². The van der Waals surface area contributed by atoms with E-state index in [2.05, 4.69) is 27.7 Å². The molecular weight excluding hydrogens is 648 g/mol. The van der Waals surface area contributed by atoms with E-state index in [1.807, 2.05) is 0 Å². The molecule has 0 spiro atoms. The van der Waals surface area contributed by atoms with Crippen molar-refractivity contribution in [2.45, 2.75) is 259 Å². The van der Waals surface area contributed by atoms with Crippen LogP contribution in [-0.2, 0) is 28.6 Å². The molecule has 0 amide bonds. The zero-order chi connectivity index (χ0) is 38.2. The van der Waals surface area contributed by atoms with Crippen molar-refractivity contribution in [2.75, 3.05) is 13.2 Å². The van der Waals surface area contributed by atoms with E-state index in [9.17, 15) is 14.4 Å². The second-order valence-corrected chi connectivity index (χ2v) is 15.9. The first kappa shape index (κ1) is 50.4. The fraction of sp³-hybridized carbons (Fsp3) is 0.935. The maximum Gasteiger partial charge on any atom is 0.306 e. The molecule has 0 aromatic carbocycles. The van der Waals surface area contributed by atoms with E-state index in [0.29, 0.717) is 19.3 Å². The summed E-state index contributed by atoms with van der Waals surface area (Å²) in [4.78, 5) is 37.7. The average Bonchev–Trinajstić information content (AvgIpc) is 3.14. The number of ether oxygens (including phenoxy) is 3. The fourth-order valence-electron chi connectivity index (χ4n) is 6.77. The van der Waals surface area contributed by atoms with Crippen molar-refractivity contribution >= 4 is 17.9 Å². The zero-order valence-electron chi connectivity index (χ0n) is 35.3. The van der Waals surface area contributed by atoms with Crippen LogP contribution in [0, 0.1) is 5.92 Å². The lowest BCUT2D eigenvalue weighted by atomic mass is 10.00. The maximum absolute atomic E-state index is 12.7. The van der Waals surface area contributed by atoms with Crippen LogP contribution in [0.15, 0.2) is 0 Å². The van der Waals surface area contributed by atoms with Crippen LogP contribution < -0.4 is 0 Å². The molecule has 0 bridgehead atoms. The van der Waals surface area contributed by atoms with Crippen LogP contribution in [-0.4, -0.2) is 37.2 Å². The third-order valence-corrected chi connectivity index (χ3v) is 10.7. The van der Waals surface area contributed by atoms with Crippen LogP contribution in [0.3, 0.4) is 0 Å². The predicted molar refractivity (Wildman–Crippen MR) is 220 cm³/mol. The summed E-state index contributed by atoms with van der Waals surface area (Å²) < 4.78 is 16.7. The Balaban J connectivity index is 4.33. The molecule has 52 heavy (non-hydrogen) atoms. The number of hydrogen-bond donors (Lipinski definition) is 0. The molecule has 0 aromatic rings. The van der Waals surface area contributed by atoms with Crippen molar-refractivity contribution in [3.63, 3.8) is 0 Å². The lowest BCUT2D eigenvalue weighted by Gasteiger charge is -2.18. The van der Waals surface area contributed by atoms with Gasteiger partial charge in [-0.05, 0) is 25.2 Å². The highest BCUT2D eigenvalue weighted by atomic mass is 16.6. The molecule has 0 aliphatic heterocycles. The van der Waals surface area contributed by atoms with Gasteiger partial charge in [0.15, 0.2) is 6.10 Å². The monoisotopic (exact) mass is 737 g/mol. The van der Waals surface area contributed by atoms with Crippen LogP contribution in [0.1, 0.15) is 252 Å². The van der Waals surface area contributed by atoms with E-state index < -0.39 is 6.10 Å². The van der Waals surface area contributed by atoms with Crippen LogP contribution in [0.2, 0.25) is 0 Å². The van der Waals surface area contributed by atoms with Crippen molar-refractivity contribution in [1.29, 1.82) is 0 Å². The molecule has 0 aliphatic rings. The highest BCUT2D eigenvalue weighted by molar-refractivity contribution is 5.71. The first-order valence-corrected chi connectivity index (χ1v) is 22.9. The zero-order valence-corrected chi connectivity index (χ0v) is 35.3. The minimum absolute atomic E-state index is 0.0643. The van der Waals surface area contributed by atoms with Gasteiger partial charge in [0.05, 0.1) is 0 Å². The van der Waals surface area contributed by atoms with Crippen molar-refractivity contribution in [1.82, 2.24) is 0 Å². The van der Waals surface area contributed by atoms with E-state index in [0.717, 1.165) is 63.7 Å². The van der Waals surface area contributed by atoms with Gasteiger partial charge in [0.25, 0.3) is 0 Å². The Labute approximate surface area is 323 Å². The van der Waals surface area contributed by atoms with Gasteiger partial charge >= 0.3 is 17.9 Å². The SMILES string of the molecule is CCCCCCCCCCCCCCCC(=O)OC[C@@H](COC(=O)CCCCCCCCC(C)CC)OC(=O)CCCCCCCCCCCCC. The van der Waals surface area contributed by atoms with Gasteiger partial charge in [-0.1, -0.05) is 214 Å². The molecule has 2 atom stereocenters. The molecule has 6 nitrogen and oxygen atoms in total. The number of carbonyl (C=O) groups excluding carboxylic acids is 3. The number of hydrogen-bond acceptors (Lipinski definition) is 6. The second-order valence-electron chi connectivity index (χ2n) is 15.9. The van der Waals surface area contributed by atoms with Gasteiger partial charge in [-0.15, -0.1) is 0 Å². The normalized spacial score (nSPS) is 12.5. The fourth-order valence-corrected chi connectivity index (χ4v) is 6.77. The van der Waals surface area contributed by atoms with Gasteiger partial charge in [-0.25, -0.2) is 0 Å². The molecule has 308 valence electrons. The van der Waals surface area contributed by atoms with Gasteiger partial charge < -0.3 is 14.2 Å². The number of carbonyl (C=O) groups is 3. The van der Waals surface area contributed by atoms with Crippen LogP contribution >= 0.6 is 0 Å². The van der Waals surface area contributed by atoms with E-state index in [1.165, 1.54) is 148 Å². The first-order chi connectivity index (χ1) is 25.4. The van der Waals surface area contributed by atoms with Gasteiger partial charge in [-0.2, -0.15) is 0 Å². The highest BCUT2D eigenvalue weighted by Gasteiger charge is 2.19. The molecule has 6 heteroatoms. The summed E-state index contributed by atoms with van der Waals surface area (Å²) in [6.45, 7) is 8.96. The summed E-state index contributed by atoms with van der Waals surface area (Å²) in [6, 6.07) is 0. The maximum atomic E-state index is 12.7. The third kappa shape index (κ3) is 38.1. The van der Waals surface area contributed by atoms with Gasteiger partial charge in [0.1, 0.15) is 13.2 Å². The molecule has 0 aromatic heterocycles. The first-order valence-electron chi connectivity index (χ1n) is 22.9. The molecule has 0 radical (unpaired) electrons. The Kier molecular flexibility index (Phi) is 39.4. The summed E-state index contributed by atoms with van der Waals surface area (Å²) in [5.41, 5.74) is 0. The van der Waals surface area contributed by atoms with Crippen molar-refractivity contribution in [2.24, 2.45) is 5.92 Å². The third-order valence-electron chi connectivity index (χ3n) is 10.7. The van der Waals surface area contributed by atoms with E-state index >= 15 is 0 Å². The van der Waals surface area contributed by atoms with E-state index in [-0.39, 0.29) is 31.1 Å².